The number of halogens is 2. The molecule has 0 bridgehead atoms. The van der Waals surface area contributed by atoms with Gasteiger partial charge >= 0.3 is 0 Å². The second-order valence-corrected chi connectivity index (χ2v) is 6.07. The Bertz CT molecular complexity index is 713. The first kappa shape index (κ1) is 15.6. The second kappa shape index (κ2) is 6.80. The van der Waals surface area contributed by atoms with Crippen molar-refractivity contribution >= 4 is 44.9 Å². The van der Waals surface area contributed by atoms with Crippen LogP contribution < -0.4 is 4.90 Å². The third-order valence-electron chi connectivity index (χ3n) is 3.04. The van der Waals surface area contributed by atoms with Crippen molar-refractivity contribution in [3.8, 4) is 6.07 Å². The van der Waals surface area contributed by atoms with Crippen LogP contribution in [0.3, 0.4) is 0 Å². The molecule has 2 rings (SSSR count). The van der Waals surface area contributed by atoms with Crippen LogP contribution in [0.4, 0.5) is 5.69 Å². The van der Waals surface area contributed by atoms with E-state index in [9.17, 15) is 5.26 Å². The summed E-state index contributed by atoms with van der Waals surface area (Å²) in [5.74, 6) is 0. The molecule has 0 aromatic heterocycles. The fourth-order valence-electron chi connectivity index (χ4n) is 1.95. The molecule has 0 spiro atoms. The van der Waals surface area contributed by atoms with Crippen LogP contribution in [-0.2, 0) is 0 Å². The molecular weight excluding hydrogens is 348 g/mol. The molecule has 106 valence electrons. The molecule has 0 aliphatic carbocycles. The Morgan fingerprint density at radius 1 is 1.19 bits per heavy atom. The maximum absolute atomic E-state index is 9.35. The van der Waals surface area contributed by atoms with E-state index < -0.39 is 0 Å². The number of benzene rings is 2. The highest BCUT2D eigenvalue weighted by atomic mass is 79.9. The van der Waals surface area contributed by atoms with E-state index in [1.165, 1.54) is 0 Å². The van der Waals surface area contributed by atoms with Crippen LogP contribution in [0.5, 0.6) is 0 Å². The molecule has 0 heterocycles. The maximum atomic E-state index is 9.35. The van der Waals surface area contributed by atoms with Gasteiger partial charge in [-0.2, -0.15) is 5.26 Å². The zero-order valence-electron chi connectivity index (χ0n) is 11.8. The first-order valence-corrected chi connectivity index (χ1v) is 7.53. The Morgan fingerprint density at radius 2 is 1.86 bits per heavy atom. The van der Waals surface area contributed by atoms with Crippen molar-refractivity contribution < 1.29 is 0 Å². The molecule has 0 atom stereocenters. The van der Waals surface area contributed by atoms with Gasteiger partial charge in [0.05, 0.1) is 17.3 Å². The summed E-state index contributed by atoms with van der Waals surface area (Å²) in [5, 5.41) is 10.0. The molecule has 4 heteroatoms. The van der Waals surface area contributed by atoms with Gasteiger partial charge < -0.3 is 4.90 Å². The minimum atomic E-state index is 0.608. The number of anilines is 1. The van der Waals surface area contributed by atoms with E-state index in [1.54, 1.807) is 12.1 Å². The highest BCUT2D eigenvalue weighted by molar-refractivity contribution is 9.10. The van der Waals surface area contributed by atoms with Crippen LogP contribution in [0.15, 0.2) is 46.9 Å². The summed E-state index contributed by atoms with van der Waals surface area (Å²) in [6.07, 6.45) is 1.87. The van der Waals surface area contributed by atoms with Gasteiger partial charge in [0.2, 0.25) is 0 Å². The Labute approximate surface area is 138 Å². The average Bonchev–Trinajstić information content (AvgIpc) is 2.45. The quantitative estimate of drug-likeness (QED) is 0.552. The molecule has 0 aliphatic heterocycles. The van der Waals surface area contributed by atoms with Crippen LogP contribution in [-0.4, -0.2) is 14.1 Å². The lowest BCUT2D eigenvalue weighted by atomic mass is 10.0. The van der Waals surface area contributed by atoms with E-state index in [2.05, 4.69) is 22.0 Å². The lowest BCUT2D eigenvalue weighted by molar-refractivity contribution is 1.12. The minimum Gasteiger partial charge on any atom is -0.377 e. The lowest BCUT2D eigenvalue weighted by Gasteiger charge is -2.14. The molecule has 0 saturated heterocycles. The monoisotopic (exact) mass is 360 g/mol. The predicted molar refractivity (Wildman–Crippen MR) is 93.4 cm³/mol. The fraction of sp³-hybridized carbons (Fsp3) is 0.118. The number of nitriles is 1. The van der Waals surface area contributed by atoms with Crippen LogP contribution in [0.2, 0.25) is 5.02 Å². The van der Waals surface area contributed by atoms with Gasteiger partial charge in [-0.1, -0.05) is 29.8 Å². The first-order chi connectivity index (χ1) is 10.0. The lowest BCUT2D eigenvalue weighted by Crippen LogP contribution is -2.09. The van der Waals surface area contributed by atoms with E-state index in [0.29, 0.717) is 10.6 Å². The van der Waals surface area contributed by atoms with Gasteiger partial charge in [0, 0.05) is 23.6 Å². The molecule has 0 aliphatic rings. The van der Waals surface area contributed by atoms with E-state index in [0.717, 1.165) is 21.3 Å². The topological polar surface area (TPSA) is 27.0 Å². The van der Waals surface area contributed by atoms with Gasteiger partial charge in [0.25, 0.3) is 0 Å². The molecule has 0 unspecified atom stereocenters. The summed E-state index contributed by atoms with van der Waals surface area (Å²) in [6.45, 7) is 0. The van der Waals surface area contributed by atoms with Gasteiger partial charge in [-0.05, 0) is 57.4 Å². The Hall–Kier alpha value is -1.76. The van der Waals surface area contributed by atoms with Crippen molar-refractivity contribution in [3.63, 3.8) is 0 Å². The summed E-state index contributed by atoms with van der Waals surface area (Å²) in [7, 11) is 3.98. The van der Waals surface area contributed by atoms with Crippen molar-refractivity contribution in [2.75, 3.05) is 19.0 Å². The number of rotatable bonds is 3. The van der Waals surface area contributed by atoms with Crippen LogP contribution >= 0.6 is 27.5 Å². The summed E-state index contributed by atoms with van der Waals surface area (Å²) < 4.78 is 0.995. The van der Waals surface area contributed by atoms with Crippen LogP contribution in [0.25, 0.3) is 11.6 Å². The van der Waals surface area contributed by atoms with Crippen molar-refractivity contribution in [2.24, 2.45) is 0 Å². The third-order valence-corrected chi connectivity index (χ3v) is 3.93. The van der Waals surface area contributed by atoms with E-state index in [4.69, 9.17) is 11.6 Å². The van der Waals surface area contributed by atoms with Crippen molar-refractivity contribution in [1.82, 2.24) is 0 Å². The Kier molecular flexibility index (Phi) is 5.06. The summed E-state index contributed by atoms with van der Waals surface area (Å²) >= 11 is 9.43. The zero-order chi connectivity index (χ0) is 15.4. The molecule has 0 radical (unpaired) electrons. The number of hydrogen-bond acceptors (Lipinski definition) is 2. The average molecular weight is 362 g/mol. The smallest absolute Gasteiger partial charge is 0.0998 e. The molecule has 0 saturated carbocycles. The van der Waals surface area contributed by atoms with Gasteiger partial charge in [0.1, 0.15) is 0 Å². The molecule has 2 nitrogen and oxygen atoms in total. The summed E-state index contributed by atoms with van der Waals surface area (Å²) in [4.78, 5) is 2.03. The van der Waals surface area contributed by atoms with Gasteiger partial charge in [-0.3, -0.25) is 0 Å². The molecule has 21 heavy (non-hydrogen) atoms. The minimum absolute atomic E-state index is 0.608. The molecule has 2 aromatic rings. The molecule has 0 fully saturated rings. The Balaban J connectivity index is 2.39. The van der Waals surface area contributed by atoms with Gasteiger partial charge in [-0.25, -0.2) is 0 Å². The standard InChI is InChI=1S/C17H14BrClN2/c1-21(2)17-8-3-12(10-16(17)18)9-14(11-20)13-4-6-15(19)7-5-13/h3-10H,1-2H3/b14-9+. The van der Waals surface area contributed by atoms with Gasteiger partial charge in [-0.15, -0.1) is 0 Å². The highest BCUT2D eigenvalue weighted by Crippen LogP contribution is 2.28. The maximum Gasteiger partial charge on any atom is 0.0998 e. The molecule has 0 N–H and O–H groups in total. The van der Waals surface area contributed by atoms with Crippen molar-refractivity contribution in [3.05, 3.63) is 63.1 Å². The van der Waals surface area contributed by atoms with Gasteiger partial charge in [0.15, 0.2) is 0 Å². The van der Waals surface area contributed by atoms with E-state index in [-0.39, 0.29) is 0 Å². The third kappa shape index (κ3) is 3.87. The van der Waals surface area contributed by atoms with Crippen LogP contribution in [0.1, 0.15) is 11.1 Å². The van der Waals surface area contributed by atoms with E-state index >= 15 is 0 Å². The van der Waals surface area contributed by atoms with Crippen molar-refractivity contribution in [2.45, 2.75) is 0 Å². The number of nitrogens with zero attached hydrogens (tertiary/aromatic N) is 2. The number of hydrogen-bond donors (Lipinski definition) is 0. The SMILES string of the molecule is CN(C)c1ccc(/C=C(\C#N)c2ccc(Cl)cc2)cc1Br. The number of allylic oxidation sites excluding steroid dienone is 1. The summed E-state index contributed by atoms with van der Waals surface area (Å²) in [5.41, 5.74) is 3.53. The highest BCUT2D eigenvalue weighted by Gasteiger charge is 2.05. The fourth-order valence-corrected chi connectivity index (χ4v) is 2.83. The zero-order valence-corrected chi connectivity index (χ0v) is 14.1. The molecule has 0 amide bonds. The molecular formula is C17H14BrClN2. The second-order valence-electron chi connectivity index (χ2n) is 4.78. The Morgan fingerprint density at radius 3 is 2.38 bits per heavy atom. The normalized spacial score (nSPS) is 11.1. The van der Waals surface area contributed by atoms with E-state index in [1.807, 2.05) is 55.4 Å². The summed E-state index contributed by atoms with van der Waals surface area (Å²) in [6, 6.07) is 15.5. The van der Waals surface area contributed by atoms with Crippen LogP contribution in [0, 0.1) is 11.3 Å². The van der Waals surface area contributed by atoms with Crippen molar-refractivity contribution in [1.29, 1.82) is 5.26 Å². The largest absolute Gasteiger partial charge is 0.377 e. The molecule has 2 aromatic carbocycles. The predicted octanol–water partition coefficient (Wildman–Crippen LogP) is 5.23. The first-order valence-electron chi connectivity index (χ1n) is 6.36.